The highest BCUT2D eigenvalue weighted by Gasteiger charge is 2.17. The summed E-state index contributed by atoms with van der Waals surface area (Å²) in [4.78, 5) is -0.188. The maximum absolute atomic E-state index is 11.2. The fraction of sp³-hybridized carbons (Fsp3) is 0. The van der Waals surface area contributed by atoms with Gasteiger partial charge in [-0.1, -0.05) is 11.6 Å². The summed E-state index contributed by atoms with van der Waals surface area (Å²) in [5.74, 6) is 0.193. The molecule has 2 aromatic rings. The SMILES string of the molecule is O=S(=O)(Cl)c1cc(-c2nnco2)ccc1Cl. The number of aromatic nitrogens is 2. The summed E-state index contributed by atoms with van der Waals surface area (Å²) in [5, 5.41) is 7.16. The number of hydrogen-bond acceptors (Lipinski definition) is 5. The maximum atomic E-state index is 11.2. The van der Waals surface area contributed by atoms with Crippen molar-refractivity contribution >= 4 is 31.3 Å². The molecule has 0 bridgehead atoms. The smallest absolute Gasteiger partial charge is 0.262 e. The van der Waals surface area contributed by atoms with Gasteiger partial charge in [-0.2, -0.15) is 0 Å². The second-order valence-electron chi connectivity index (χ2n) is 2.83. The van der Waals surface area contributed by atoms with Crippen molar-refractivity contribution in [3.8, 4) is 11.5 Å². The van der Waals surface area contributed by atoms with Gasteiger partial charge < -0.3 is 4.42 Å². The summed E-state index contributed by atoms with van der Waals surface area (Å²) in [5.41, 5.74) is 0.432. The van der Waals surface area contributed by atoms with Crippen LogP contribution < -0.4 is 0 Å². The lowest BCUT2D eigenvalue weighted by molar-refractivity contribution is 0.568. The van der Waals surface area contributed by atoms with Crippen LogP contribution in [0, 0.1) is 0 Å². The number of nitrogens with zero attached hydrogens (tertiary/aromatic N) is 2. The second kappa shape index (κ2) is 4.04. The molecule has 0 amide bonds. The molecule has 0 aliphatic heterocycles. The van der Waals surface area contributed by atoms with Gasteiger partial charge in [0.1, 0.15) is 4.90 Å². The minimum Gasteiger partial charge on any atom is -0.423 e. The third kappa shape index (κ3) is 2.18. The molecule has 1 aromatic heterocycles. The highest BCUT2D eigenvalue weighted by molar-refractivity contribution is 8.13. The second-order valence-corrected chi connectivity index (χ2v) is 5.77. The van der Waals surface area contributed by atoms with Gasteiger partial charge in [0.25, 0.3) is 9.05 Å². The number of rotatable bonds is 2. The van der Waals surface area contributed by atoms with Crippen LogP contribution in [0.2, 0.25) is 5.02 Å². The highest BCUT2D eigenvalue weighted by atomic mass is 35.7. The number of halogens is 2. The van der Waals surface area contributed by atoms with Crippen molar-refractivity contribution in [3.05, 3.63) is 29.6 Å². The van der Waals surface area contributed by atoms with Gasteiger partial charge in [0, 0.05) is 16.2 Å². The van der Waals surface area contributed by atoms with E-state index in [1.165, 1.54) is 12.1 Å². The van der Waals surface area contributed by atoms with E-state index in [4.69, 9.17) is 26.7 Å². The summed E-state index contributed by atoms with van der Waals surface area (Å²) in [7, 11) is 1.32. The largest absolute Gasteiger partial charge is 0.423 e. The molecule has 0 aliphatic carbocycles. The molecule has 0 unspecified atom stereocenters. The van der Waals surface area contributed by atoms with E-state index in [1.807, 2.05) is 0 Å². The lowest BCUT2D eigenvalue weighted by atomic mass is 10.2. The van der Waals surface area contributed by atoms with E-state index in [2.05, 4.69) is 10.2 Å². The zero-order valence-electron chi connectivity index (χ0n) is 7.59. The van der Waals surface area contributed by atoms with E-state index in [9.17, 15) is 8.42 Å². The molecule has 0 atom stereocenters. The Morgan fingerprint density at radius 2 is 2.06 bits per heavy atom. The van der Waals surface area contributed by atoms with Crippen LogP contribution in [-0.4, -0.2) is 18.6 Å². The number of benzene rings is 1. The average Bonchev–Trinajstić information content (AvgIpc) is 2.69. The molecule has 1 heterocycles. The van der Waals surface area contributed by atoms with Crippen LogP contribution in [-0.2, 0) is 9.05 Å². The van der Waals surface area contributed by atoms with E-state index in [-0.39, 0.29) is 15.8 Å². The van der Waals surface area contributed by atoms with Crippen molar-refractivity contribution in [3.63, 3.8) is 0 Å². The zero-order valence-corrected chi connectivity index (χ0v) is 9.92. The van der Waals surface area contributed by atoms with Gasteiger partial charge in [-0.25, -0.2) is 8.42 Å². The summed E-state index contributed by atoms with van der Waals surface area (Å²) in [6, 6.07) is 4.23. The molecule has 0 saturated carbocycles. The molecule has 84 valence electrons. The molecule has 0 saturated heterocycles. The molecule has 1 aromatic carbocycles. The lowest BCUT2D eigenvalue weighted by Gasteiger charge is -2.01. The lowest BCUT2D eigenvalue weighted by Crippen LogP contribution is -1.92. The molecule has 0 N–H and O–H groups in total. The van der Waals surface area contributed by atoms with Gasteiger partial charge in [0.05, 0.1) is 5.02 Å². The normalized spacial score (nSPS) is 11.6. The standard InChI is InChI=1S/C8H4Cl2N2O3S/c9-6-2-1-5(8-12-11-4-15-8)3-7(6)16(10,13)14/h1-4H. The first-order chi connectivity index (χ1) is 7.48. The molecule has 0 radical (unpaired) electrons. The van der Waals surface area contributed by atoms with Gasteiger partial charge in [-0.05, 0) is 18.2 Å². The van der Waals surface area contributed by atoms with Crippen LogP contribution in [0.1, 0.15) is 0 Å². The van der Waals surface area contributed by atoms with Crippen LogP contribution in [0.4, 0.5) is 0 Å². The van der Waals surface area contributed by atoms with Crippen molar-refractivity contribution in [2.24, 2.45) is 0 Å². The molecule has 5 nitrogen and oxygen atoms in total. The summed E-state index contributed by atoms with van der Waals surface area (Å²) < 4.78 is 27.3. The predicted octanol–water partition coefficient (Wildman–Crippen LogP) is 2.32. The molecule has 0 aliphatic rings. The van der Waals surface area contributed by atoms with Gasteiger partial charge in [-0.3, -0.25) is 0 Å². The van der Waals surface area contributed by atoms with E-state index in [1.54, 1.807) is 6.07 Å². The molecular formula is C8H4Cl2N2O3S. The predicted molar refractivity (Wildman–Crippen MR) is 57.8 cm³/mol. The molecule has 2 rings (SSSR count). The Bertz CT molecular complexity index is 610. The molecule has 0 fully saturated rings. The fourth-order valence-corrected chi connectivity index (χ4v) is 2.61. The average molecular weight is 279 g/mol. The van der Waals surface area contributed by atoms with E-state index >= 15 is 0 Å². The Kier molecular flexibility index (Phi) is 2.88. The van der Waals surface area contributed by atoms with Crippen molar-refractivity contribution in [1.29, 1.82) is 0 Å². The summed E-state index contributed by atoms with van der Waals surface area (Å²) in [6.07, 6.45) is 1.14. The first-order valence-electron chi connectivity index (χ1n) is 3.99. The fourth-order valence-electron chi connectivity index (χ4n) is 1.12. The van der Waals surface area contributed by atoms with E-state index in [0.29, 0.717) is 5.56 Å². The van der Waals surface area contributed by atoms with Crippen molar-refractivity contribution in [2.75, 3.05) is 0 Å². The molecule has 0 spiro atoms. The Morgan fingerprint density at radius 1 is 1.31 bits per heavy atom. The quantitative estimate of drug-likeness (QED) is 0.789. The van der Waals surface area contributed by atoms with Crippen molar-refractivity contribution < 1.29 is 12.8 Å². The van der Waals surface area contributed by atoms with Crippen LogP contribution in [0.15, 0.2) is 33.9 Å². The molecule has 8 heteroatoms. The monoisotopic (exact) mass is 278 g/mol. The Labute approximate surface area is 100 Å². The third-order valence-corrected chi connectivity index (χ3v) is 3.60. The van der Waals surface area contributed by atoms with Gasteiger partial charge in [0.2, 0.25) is 12.3 Å². The van der Waals surface area contributed by atoms with Crippen LogP contribution in [0.3, 0.4) is 0 Å². The third-order valence-electron chi connectivity index (χ3n) is 1.80. The first-order valence-corrected chi connectivity index (χ1v) is 6.68. The van der Waals surface area contributed by atoms with Crippen LogP contribution in [0.25, 0.3) is 11.5 Å². The van der Waals surface area contributed by atoms with Gasteiger partial charge in [0.15, 0.2) is 0 Å². The Balaban J connectivity index is 2.61. The molecular weight excluding hydrogens is 275 g/mol. The first kappa shape index (κ1) is 11.4. The summed E-state index contributed by atoms with van der Waals surface area (Å²) in [6.45, 7) is 0. The van der Waals surface area contributed by atoms with Gasteiger partial charge in [-0.15, -0.1) is 10.2 Å². The van der Waals surface area contributed by atoms with E-state index < -0.39 is 9.05 Å². The van der Waals surface area contributed by atoms with Crippen molar-refractivity contribution in [2.45, 2.75) is 4.90 Å². The van der Waals surface area contributed by atoms with Gasteiger partial charge >= 0.3 is 0 Å². The Morgan fingerprint density at radius 3 is 2.62 bits per heavy atom. The topological polar surface area (TPSA) is 73.1 Å². The van der Waals surface area contributed by atoms with Crippen LogP contribution >= 0.6 is 22.3 Å². The summed E-state index contributed by atoms with van der Waals surface area (Å²) >= 11 is 5.71. The molecule has 16 heavy (non-hydrogen) atoms. The van der Waals surface area contributed by atoms with E-state index in [0.717, 1.165) is 6.39 Å². The highest BCUT2D eigenvalue weighted by Crippen LogP contribution is 2.29. The van der Waals surface area contributed by atoms with Crippen molar-refractivity contribution in [1.82, 2.24) is 10.2 Å². The Hall–Kier alpha value is -1.11. The number of hydrogen-bond donors (Lipinski definition) is 0. The minimum absolute atomic E-state index is 0.0401. The zero-order chi connectivity index (χ0) is 11.8. The minimum atomic E-state index is -3.90. The van der Waals surface area contributed by atoms with Crippen LogP contribution in [0.5, 0.6) is 0 Å². The maximum Gasteiger partial charge on any atom is 0.262 e.